The highest BCUT2D eigenvalue weighted by Crippen LogP contribution is 2.29. The van der Waals surface area contributed by atoms with Crippen molar-refractivity contribution in [2.24, 2.45) is 5.92 Å². The first-order chi connectivity index (χ1) is 8.29. The SMILES string of the molecule is CCc1ccc(C(=O)CCC2CCCC2)cc1. The van der Waals surface area contributed by atoms with E-state index in [9.17, 15) is 4.79 Å². The van der Waals surface area contributed by atoms with Crippen LogP contribution in [0.2, 0.25) is 0 Å². The lowest BCUT2D eigenvalue weighted by atomic mass is 9.97. The molecule has 0 radical (unpaired) electrons. The van der Waals surface area contributed by atoms with Gasteiger partial charge >= 0.3 is 0 Å². The smallest absolute Gasteiger partial charge is 0.162 e. The van der Waals surface area contributed by atoms with Crippen LogP contribution in [0.25, 0.3) is 0 Å². The molecular weight excluding hydrogens is 208 g/mol. The molecule has 92 valence electrons. The summed E-state index contributed by atoms with van der Waals surface area (Å²) < 4.78 is 0. The summed E-state index contributed by atoms with van der Waals surface area (Å²) in [5.41, 5.74) is 2.19. The van der Waals surface area contributed by atoms with Gasteiger partial charge in [-0.1, -0.05) is 56.9 Å². The summed E-state index contributed by atoms with van der Waals surface area (Å²) in [6.45, 7) is 2.14. The van der Waals surface area contributed by atoms with Crippen molar-refractivity contribution in [1.82, 2.24) is 0 Å². The molecule has 1 heteroatoms. The molecule has 1 aliphatic carbocycles. The lowest BCUT2D eigenvalue weighted by Gasteiger charge is -2.07. The van der Waals surface area contributed by atoms with E-state index in [4.69, 9.17) is 0 Å². The first kappa shape index (κ1) is 12.3. The van der Waals surface area contributed by atoms with Crippen molar-refractivity contribution in [3.05, 3.63) is 35.4 Å². The van der Waals surface area contributed by atoms with E-state index in [1.165, 1.54) is 31.2 Å². The van der Waals surface area contributed by atoms with Crippen molar-refractivity contribution in [1.29, 1.82) is 0 Å². The van der Waals surface area contributed by atoms with E-state index in [1.54, 1.807) is 0 Å². The molecule has 17 heavy (non-hydrogen) atoms. The Bertz CT molecular complexity index is 358. The second kappa shape index (κ2) is 6.00. The summed E-state index contributed by atoms with van der Waals surface area (Å²) in [5.74, 6) is 1.13. The third-order valence-corrected chi connectivity index (χ3v) is 3.94. The molecule has 1 fully saturated rings. The molecule has 0 atom stereocenters. The Kier molecular flexibility index (Phi) is 4.36. The highest BCUT2D eigenvalue weighted by molar-refractivity contribution is 5.96. The average molecular weight is 230 g/mol. The fourth-order valence-electron chi connectivity index (χ4n) is 2.70. The van der Waals surface area contributed by atoms with Gasteiger partial charge in [0.25, 0.3) is 0 Å². The fraction of sp³-hybridized carbons (Fsp3) is 0.562. The van der Waals surface area contributed by atoms with E-state index in [0.717, 1.165) is 30.7 Å². The average Bonchev–Trinajstić information content (AvgIpc) is 2.89. The normalized spacial score (nSPS) is 16.3. The monoisotopic (exact) mass is 230 g/mol. The summed E-state index contributed by atoms with van der Waals surface area (Å²) in [6, 6.07) is 8.11. The Morgan fingerprint density at radius 2 is 1.82 bits per heavy atom. The van der Waals surface area contributed by atoms with Crippen molar-refractivity contribution in [3.8, 4) is 0 Å². The van der Waals surface area contributed by atoms with Gasteiger partial charge in [-0.2, -0.15) is 0 Å². The molecule has 2 rings (SSSR count). The third kappa shape index (κ3) is 3.42. The number of ketones is 1. The number of carbonyl (C=O) groups is 1. The second-order valence-electron chi connectivity index (χ2n) is 5.16. The van der Waals surface area contributed by atoms with Crippen LogP contribution in [0.1, 0.15) is 61.4 Å². The zero-order chi connectivity index (χ0) is 12.1. The van der Waals surface area contributed by atoms with Crippen LogP contribution in [0.3, 0.4) is 0 Å². The minimum absolute atomic E-state index is 0.319. The van der Waals surface area contributed by atoms with Gasteiger partial charge < -0.3 is 0 Å². The molecule has 1 saturated carbocycles. The molecule has 0 N–H and O–H groups in total. The summed E-state index contributed by atoms with van der Waals surface area (Å²) >= 11 is 0. The van der Waals surface area contributed by atoms with Gasteiger partial charge in [-0.05, 0) is 24.3 Å². The minimum atomic E-state index is 0.319. The van der Waals surface area contributed by atoms with Gasteiger partial charge in [0.1, 0.15) is 0 Å². The van der Waals surface area contributed by atoms with Crippen LogP contribution in [-0.4, -0.2) is 5.78 Å². The number of benzene rings is 1. The van der Waals surface area contributed by atoms with Gasteiger partial charge in [0, 0.05) is 12.0 Å². The summed E-state index contributed by atoms with van der Waals surface area (Å²) in [5, 5.41) is 0. The maximum atomic E-state index is 12.0. The lowest BCUT2D eigenvalue weighted by Crippen LogP contribution is -2.03. The van der Waals surface area contributed by atoms with Crippen LogP contribution in [-0.2, 0) is 6.42 Å². The van der Waals surface area contributed by atoms with Crippen LogP contribution in [0, 0.1) is 5.92 Å². The Morgan fingerprint density at radius 3 is 2.41 bits per heavy atom. The van der Waals surface area contributed by atoms with Gasteiger partial charge in [0.15, 0.2) is 5.78 Å². The molecule has 0 spiro atoms. The number of hydrogen-bond donors (Lipinski definition) is 0. The van der Waals surface area contributed by atoms with Crippen molar-refractivity contribution in [3.63, 3.8) is 0 Å². The first-order valence-electron chi connectivity index (χ1n) is 6.91. The molecule has 0 heterocycles. The van der Waals surface area contributed by atoms with Crippen LogP contribution in [0.15, 0.2) is 24.3 Å². The zero-order valence-corrected chi connectivity index (χ0v) is 10.7. The molecular formula is C16H22O. The van der Waals surface area contributed by atoms with Crippen LogP contribution < -0.4 is 0 Å². The summed E-state index contributed by atoms with van der Waals surface area (Å²) in [6.07, 6.45) is 8.26. The van der Waals surface area contributed by atoms with E-state index < -0.39 is 0 Å². The van der Waals surface area contributed by atoms with Crippen molar-refractivity contribution in [2.45, 2.75) is 51.9 Å². The van der Waals surface area contributed by atoms with Gasteiger partial charge in [-0.15, -0.1) is 0 Å². The molecule has 0 saturated heterocycles. The third-order valence-electron chi connectivity index (χ3n) is 3.94. The van der Waals surface area contributed by atoms with Gasteiger partial charge in [0.2, 0.25) is 0 Å². The Labute approximate surface area is 104 Å². The molecule has 0 aliphatic heterocycles. The number of carbonyl (C=O) groups excluding carboxylic acids is 1. The molecule has 0 amide bonds. The number of aryl methyl sites for hydroxylation is 1. The molecule has 1 aromatic rings. The van der Waals surface area contributed by atoms with Crippen molar-refractivity contribution >= 4 is 5.78 Å². The van der Waals surface area contributed by atoms with Crippen LogP contribution in [0.4, 0.5) is 0 Å². The maximum Gasteiger partial charge on any atom is 0.162 e. The van der Waals surface area contributed by atoms with Gasteiger partial charge in [-0.3, -0.25) is 4.79 Å². The number of hydrogen-bond acceptors (Lipinski definition) is 1. The second-order valence-corrected chi connectivity index (χ2v) is 5.16. The standard InChI is InChI=1S/C16H22O/c1-2-13-7-10-15(11-8-13)16(17)12-9-14-5-3-4-6-14/h7-8,10-11,14H,2-6,9,12H2,1H3. The quantitative estimate of drug-likeness (QED) is 0.685. The number of rotatable bonds is 5. The summed E-state index contributed by atoms with van der Waals surface area (Å²) in [4.78, 5) is 12.0. The molecule has 1 aliphatic rings. The van der Waals surface area contributed by atoms with Gasteiger partial charge in [-0.25, -0.2) is 0 Å². The van der Waals surface area contributed by atoms with E-state index >= 15 is 0 Å². The van der Waals surface area contributed by atoms with Crippen LogP contribution in [0.5, 0.6) is 0 Å². The first-order valence-corrected chi connectivity index (χ1v) is 6.91. The molecule has 0 unspecified atom stereocenters. The van der Waals surface area contributed by atoms with Gasteiger partial charge in [0.05, 0.1) is 0 Å². The van der Waals surface area contributed by atoms with E-state index in [2.05, 4.69) is 19.1 Å². The lowest BCUT2D eigenvalue weighted by molar-refractivity contribution is 0.0974. The zero-order valence-electron chi connectivity index (χ0n) is 10.7. The molecule has 0 aromatic heterocycles. The predicted molar refractivity (Wildman–Crippen MR) is 71.3 cm³/mol. The predicted octanol–water partition coefficient (Wildman–Crippen LogP) is 4.40. The summed E-state index contributed by atoms with van der Waals surface area (Å²) in [7, 11) is 0. The molecule has 0 bridgehead atoms. The minimum Gasteiger partial charge on any atom is -0.294 e. The Balaban J connectivity index is 1.85. The van der Waals surface area contributed by atoms with Crippen molar-refractivity contribution < 1.29 is 4.79 Å². The number of Topliss-reactive ketones (excluding diaryl/α,β-unsaturated/α-hetero) is 1. The Morgan fingerprint density at radius 1 is 1.18 bits per heavy atom. The largest absolute Gasteiger partial charge is 0.294 e. The maximum absolute atomic E-state index is 12.0. The molecule has 1 nitrogen and oxygen atoms in total. The highest BCUT2D eigenvalue weighted by atomic mass is 16.1. The van der Waals surface area contributed by atoms with E-state index in [1.807, 2.05) is 12.1 Å². The van der Waals surface area contributed by atoms with E-state index in [-0.39, 0.29) is 0 Å². The van der Waals surface area contributed by atoms with Crippen molar-refractivity contribution in [2.75, 3.05) is 0 Å². The molecule has 1 aromatic carbocycles. The Hall–Kier alpha value is -1.11. The fourth-order valence-corrected chi connectivity index (χ4v) is 2.70. The van der Waals surface area contributed by atoms with E-state index in [0.29, 0.717) is 5.78 Å². The highest BCUT2D eigenvalue weighted by Gasteiger charge is 2.16. The van der Waals surface area contributed by atoms with Crippen LogP contribution >= 0.6 is 0 Å². The topological polar surface area (TPSA) is 17.1 Å².